The summed E-state index contributed by atoms with van der Waals surface area (Å²) in [5.41, 5.74) is 0.914. The molecule has 0 saturated carbocycles. The smallest absolute Gasteiger partial charge is 0.242 e. The van der Waals surface area contributed by atoms with Crippen LogP contribution in [-0.4, -0.2) is 51.9 Å². The van der Waals surface area contributed by atoms with Crippen molar-refractivity contribution >= 4 is 26.0 Å². The lowest BCUT2D eigenvalue weighted by Crippen LogP contribution is -2.33. The molecule has 0 aliphatic carbocycles. The van der Waals surface area contributed by atoms with Crippen LogP contribution in [0.1, 0.15) is 5.56 Å². The number of aryl methyl sites for hydroxylation is 1. The van der Waals surface area contributed by atoms with E-state index in [1.165, 1.54) is 4.31 Å². The molecule has 1 aromatic carbocycles. The van der Waals surface area contributed by atoms with Gasteiger partial charge < -0.3 is 4.90 Å². The molecule has 0 unspecified atom stereocenters. The predicted molar refractivity (Wildman–Crippen MR) is 77.2 cm³/mol. The van der Waals surface area contributed by atoms with Crippen LogP contribution in [0.4, 0.5) is 0 Å². The summed E-state index contributed by atoms with van der Waals surface area (Å²) >= 11 is 3.37. The van der Waals surface area contributed by atoms with Crippen molar-refractivity contribution in [3.63, 3.8) is 0 Å². The lowest BCUT2D eigenvalue weighted by atomic mass is 10.2. The van der Waals surface area contributed by atoms with Gasteiger partial charge in [-0.25, -0.2) is 8.42 Å². The molecule has 0 saturated heterocycles. The number of nitrogens with zero attached hydrogens (tertiary/aromatic N) is 2. The molecule has 0 aliphatic heterocycles. The molecule has 0 heterocycles. The lowest BCUT2D eigenvalue weighted by molar-refractivity contribution is 0.358. The third-order valence-electron chi connectivity index (χ3n) is 2.70. The Hall–Kier alpha value is -0.430. The van der Waals surface area contributed by atoms with Crippen molar-refractivity contribution < 1.29 is 8.42 Å². The minimum atomic E-state index is -3.39. The Morgan fingerprint density at radius 2 is 1.78 bits per heavy atom. The molecular formula is C12H19BrN2O2S. The fourth-order valence-electron chi connectivity index (χ4n) is 1.42. The van der Waals surface area contributed by atoms with Crippen molar-refractivity contribution in [1.82, 2.24) is 9.21 Å². The Balaban J connectivity index is 2.95. The maximum atomic E-state index is 12.3. The van der Waals surface area contributed by atoms with Gasteiger partial charge in [-0.2, -0.15) is 4.31 Å². The van der Waals surface area contributed by atoms with E-state index in [9.17, 15) is 8.42 Å². The van der Waals surface area contributed by atoms with E-state index < -0.39 is 10.0 Å². The zero-order valence-electron chi connectivity index (χ0n) is 11.1. The highest BCUT2D eigenvalue weighted by atomic mass is 79.9. The van der Waals surface area contributed by atoms with Crippen LogP contribution in [0.5, 0.6) is 0 Å². The van der Waals surface area contributed by atoms with E-state index in [-0.39, 0.29) is 0 Å². The van der Waals surface area contributed by atoms with Gasteiger partial charge in [0.25, 0.3) is 0 Å². The van der Waals surface area contributed by atoms with Crippen LogP contribution in [0.2, 0.25) is 0 Å². The molecule has 18 heavy (non-hydrogen) atoms. The van der Waals surface area contributed by atoms with E-state index >= 15 is 0 Å². The highest BCUT2D eigenvalue weighted by Crippen LogP contribution is 2.21. The van der Waals surface area contributed by atoms with Gasteiger partial charge in [-0.15, -0.1) is 0 Å². The molecule has 6 heteroatoms. The first-order valence-electron chi connectivity index (χ1n) is 5.62. The fraction of sp³-hybridized carbons (Fsp3) is 0.500. The quantitative estimate of drug-likeness (QED) is 0.826. The molecular weight excluding hydrogens is 316 g/mol. The average molecular weight is 335 g/mol. The van der Waals surface area contributed by atoms with Crippen molar-refractivity contribution in [2.24, 2.45) is 0 Å². The van der Waals surface area contributed by atoms with Crippen LogP contribution in [0.15, 0.2) is 27.6 Å². The molecule has 102 valence electrons. The van der Waals surface area contributed by atoms with Crippen LogP contribution in [0, 0.1) is 6.92 Å². The van der Waals surface area contributed by atoms with Crippen LogP contribution in [-0.2, 0) is 10.0 Å². The number of sulfonamides is 1. The Morgan fingerprint density at radius 1 is 1.17 bits per heavy atom. The zero-order chi connectivity index (χ0) is 13.9. The third kappa shape index (κ3) is 3.78. The molecule has 0 atom stereocenters. The number of halogens is 1. The largest absolute Gasteiger partial charge is 0.308 e. The number of likely N-dealkylation sites (N-methyl/N-ethyl adjacent to an activating group) is 2. The van der Waals surface area contributed by atoms with Crippen molar-refractivity contribution in [3.8, 4) is 0 Å². The highest BCUT2D eigenvalue weighted by Gasteiger charge is 2.20. The summed E-state index contributed by atoms with van der Waals surface area (Å²) in [4.78, 5) is 2.29. The van der Waals surface area contributed by atoms with Gasteiger partial charge in [0.15, 0.2) is 0 Å². The second-order valence-corrected chi connectivity index (χ2v) is 7.44. The van der Waals surface area contributed by atoms with Crippen LogP contribution >= 0.6 is 15.9 Å². The van der Waals surface area contributed by atoms with E-state index in [0.29, 0.717) is 18.0 Å². The first-order valence-corrected chi connectivity index (χ1v) is 7.85. The van der Waals surface area contributed by atoms with Gasteiger partial charge in [-0.3, -0.25) is 0 Å². The van der Waals surface area contributed by atoms with E-state index in [4.69, 9.17) is 0 Å². The third-order valence-corrected chi connectivity index (χ3v) is 5.44. The van der Waals surface area contributed by atoms with Crippen molar-refractivity contribution in [1.29, 1.82) is 0 Å². The molecule has 0 fully saturated rings. The van der Waals surface area contributed by atoms with E-state index in [2.05, 4.69) is 15.9 Å². The summed E-state index contributed by atoms with van der Waals surface area (Å²) in [5.74, 6) is 0. The number of benzene rings is 1. The van der Waals surface area contributed by atoms with Crippen LogP contribution in [0.3, 0.4) is 0 Å². The van der Waals surface area contributed by atoms with Crippen molar-refractivity contribution in [2.75, 3.05) is 34.2 Å². The molecule has 0 aliphatic rings. The Kier molecular flexibility index (Phi) is 5.33. The van der Waals surface area contributed by atoms with Gasteiger partial charge in [-0.05, 0) is 44.8 Å². The number of rotatable bonds is 5. The van der Waals surface area contributed by atoms with Crippen molar-refractivity contribution in [2.45, 2.75) is 11.8 Å². The fourth-order valence-corrected chi connectivity index (χ4v) is 2.91. The van der Waals surface area contributed by atoms with Crippen molar-refractivity contribution in [3.05, 3.63) is 28.2 Å². The number of hydrogen-bond acceptors (Lipinski definition) is 3. The summed E-state index contributed by atoms with van der Waals surface area (Å²) < 4.78 is 26.9. The molecule has 0 aromatic heterocycles. The molecule has 0 N–H and O–H groups in total. The normalized spacial score (nSPS) is 12.4. The standard InChI is InChI=1S/C12H19BrN2O2S/c1-10-9-11(5-6-12(10)13)18(16,17)15(4)8-7-14(2)3/h5-6,9H,7-8H2,1-4H3. The molecule has 4 nitrogen and oxygen atoms in total. The second kappa shape index (κ2) is 6.14. The van der Waals surface area contributed by atoms with Gasteiger partial charge in [-0.1, -0.05) is 15.9 Å². The summed E-state index contributed by atoms with van der Waals surface area (Å²) in [6, 6.07) is 5.08. The zero-order valence-corrected chi connectivity index (χ0v) is 13.5. The maximum Gasteiger partial charge on any atom is 0.242 e. The second-order valence-electron chi connectivity index (χ2n) is 4.54. The molecule has 0 radical (unpaired) electrons. The first kappa shape index (κ1) is 15.6. The summed E-state index contributed by atoms with van der Waals surface area (Å²) in [6.07, 6.45) is 0. The summed E-state index contributed by atoms with van der Waals surface area (Å²) in [5, 5.41) is 0. The van der Waals surface area contributed by atoms with E-state index in [1.807, 2.05) is 25.9 Å². The van der Waals surface area contributed by atoms with E-state index in [0.717, 1.165) is 10.0 Å². The highest BCUT2D eigenvalue weighted by molar-refractivity contribution is 9.10. The summed E-state index contributed by atoms with van der Waals surface area (Å²) in [7, 11) is 2.06. The monoisotopic (exact) mass is 334 g/mol. The number of hydrogen-bond donors (Lipinski definition) is 0. The maximum absolute atomic E-state index is 12.3. The predicted octanol–water partition coefficient (Wildman–Crippen LogP) is 1.94. The van der Waals surface area contributed by atoms with Gasteiger partial charge in [0.1, 0.15) is 0 Å². The average Bonchev–Trinajstić information content (AvgIpc) is 2.29. The Labute approximate surface area is 118 Å². The van der Waals surface area contributed by atoms with Gasteiger partial charge >= 0.3 is 0 Å². The minimum Gasteiger partial charge on any atom is -0.308 e. The molecule has 0 spiro atoms. The lowest BCUT2D eigenvalue weighted by Gasteiger charge is -2.19. The van der Waals surface area contributed by atoms with Gasteiger partial charge in [0.05, 0.1) is 4.90 Å². The van der Waals surface area contributed by atoms with E-state index in [1.54, 1.807) is 25.2 Å². The Morgan fingerprint density at radius 3 is 2.28 bits per heavy atom. The molecule has 0 amide bonds. The minimum absolute atomic E-state index is 0.337. The van der Waals surface area contributed by atoms with Crippen LogP contribution < -0.4 is 0 Å². The molecule has 1 aromatic rings. The molecule has 1 rings (SSSR count). The van der Waals surface area contributed by atoms with Crippen LogP contribution in [0.25, 0.3) is 0 Å². The van der Waals surface area contributed by atoms with Gasteiger partial charge in [0.2, 0.25) is 10.0 Å². The SMILES string of the molecule is Cc1cc(S(=O)(=O)N(C)CCN(C)C)ccc1Br. The topological polar surface area (TPSA) is 40.6 Å². The summed E-state index contributed by atoms with van der Waals surface area (Å²) in [6.45, 7) is 3.05. The van der Waals surface area contributed by atoms with Gasteiger partial charge in [0, 0.05) is 24.6 Å². The Bertz CT molecular complexity index is 515. The first-order chi connectivity index (χ1) is 8.25. The molecule has 0 bridgehead atoms.